The fourth-order valence-electron chi connectivity index (χ4n) is 3.03. The Morgan fingerprint density at radius 1 is 1.50 bits per heavy atom. The number of carbonyl (C=O) groups excluding carboxylic acids is 1. The zero-order valence-electron chi connectivity index (χ0n) is 13.4. The van der Waals surface area contributed by atoms with Crippen LogP contribution in [0.1, 0.15) is 37.0 Å². The molecule has 4 nitrogen and oxygen atoms in total. The fourth-order valence-corrected chi connectivity index (χ4v) is 3.28. The average molecular weight is 326 g/mol. The number of amides is 1. The molecular weight excluding hydrogens is 302 g/mol. The first-order valence-corrected chi connectivity index (χ1v) is 8.14. The van der Waals surface area contributed by atoms with E-state index in [1.807, 2.05) is 0 Å². The highest BCUT2D eigenvalue weighted by molar-refractivity contribution is 6.34. The maximum atomic E-state index is 12.4. The van der Waals surface area contributed by atoms with E-state index in [9.17, 15) is 4.79 Å². The van der Waals surface area contributed by atoms with Gasteiger partial charge in [-0.25, -0.2) is 0 Å². The molecule has 2 rings (SSSR count). The smallest absolute Gasteiger partial charge is 0.256 e. The molecule has 0 radical (unpaired) electrons. The minimum Gasteiger partial charge on any atom is -0.496 e. The van der Waals surface area contributed by atoms with Gasteiger partial charge in [-0.2, -0.15) is 0 Å². The summed E-state index contributed by atoms with van der Waals surface area (Å²) < 4.78 is 11.1. The molecule has 1 amide bonds. The lowest BCUT2D eigenvalue weighted by atomic mass is 9.87. The lowest BCUT2D eigenvalue weighted by molar-refractivity contribution is -0.0510. The Morgan fingerprint density at radius 2 is 2.27 bits per heavy atom. The van der Waals surface area contributed by atoms with Crippen molar-refractivity contribution >= 4 is 17.5 Å². The summed E-state index contributed by atoms with van der Waals surface area (Å²) in [5.41, 5.74) is 0.393. The van der Waals surface area contributed by atoms with Gasteiger partial charge in [0.1, 0.15) is 5.75 Å². The normalized spacial score (nSPS) is 21.7. The van der Waals surface area contributed by atoms with E-state index >= 15 is 0 Å². The van der Waals surface area contributed by atoms with Gasteiger partial charge in [0, 0.05) is 19.1 Å². The van der Waals surface area contributed by atoms with E-state index in [4.69, 9.17) is 21.1 Å². The van der Waals surface area contributed by atoms with Crippen molar-refractivity contribution < 1.29 is 14.3 Å². The molecule has 1 N–H and O–H groups in total. The van der Waals surface area contributed by atoms with Crippen molar-refractivity contribution in [2.24, 2.45) is 11.8 Å². The topological polar surface area (TPSA) is 47.6 Å². The van der Waals surface area contributed by atoms with Gasteiger partial charge in [-0.05, 0) is 30.9 Å². The Bertz CT molecular complexity index is 519. The zero-order valence-corrected chi connectivity index (χ0v) is 14.2. The second kappa shape index (κ2) is 7.84. The molecule has 0 bridgehead atoms. The summed E-state index contributed by atoms with van der Waals surface area (Å²) in [7, 11) is 1.53. The molecular formula is C17H24ClNO3. The number of ether oxygens (including phenoxy) is 2. The van der Waals surface area contributed by atoms with Crippen molar-refractivity contribution in [3.63, 3.8) is 0 Å². The highest BCUT2D eigenvalue weighted by atomic mass is 35.5. The average Bonchev–Trinajstić information content (AvgIpc) is 2.52. The predicted octanol–water partition coefficient (Wildman–Crippen LogP) is 3.53. The molecule has 122 valence electrons. The van der Waals surface area contributed by atoms with Crippen LogP contribution in [0, 0.1) is 11.8 Å². The number of halogens is 1. The highest BCUT2D eigenvalue weighted by Gasteiger charge is 2.29. The molecule has 1 heterocycles. The monoisotopic (exact) mass is 325 g/mol. The standard InChI is InChI=1S/C17H24ClNO3/c1-11(2)16-12(6-5-9-22-16)10-19-17(20)15-13(18)7-4-8-14(15)21-3/h4,7-8,11-12,16H,5-6,9-10H2,1-3H3,(H,19,20)/t12-,16-/m0/s1. The summed E-state index contributed by atoms with van der Waals surface area (Å²) in [5.74, 6) is 1.07. The first-order valence-electron chi connectivity index (χ1n) is 7.77. The van der Waals surface area contributed by atoms with Crippen LogP contribution in [-0.4, -0.2) is 32.3 Å². The molecule has 0 spiro atoms. The van der Waals surface area contributed by atoms with Gasteiger partial charge < -0.3 is 14.8 Å². The van der Waals surface area contributed by atoms with Crippen molar-refractivity contribution in [1.29, 1.82) is 0 Å². The number of benzene rings is 1. The SMILES string of the molecule is COc1cccc(Cl)c1C(=O)NC[C@@H]1CCCO[C@H]1C(C)C. The van der Waals surface area contributed by atoms with Crippen molar-refractivity contribution in [1.82, 2.24) is 5.32 Å². The van der Waals surface area contributed by atoms with Crippen molar-refractivity contribution in [2.45, 2.75) is 32.8 Å². The Hall–Kier alpha value is -1.26. The quantitative estimate of drug-likeness (QED) is 0.901. The molecule has 1 aromatic rings. The number of hydrogen-bond acceptors (Lipinski definition) is 3. The lowest BCUT2D eigenvalue weighted by Crippen LogP contribution is -2.41. The number of carbonyl (C=O) groups is 1. The van der Waals surface area contributed by atoms with Crippen LogP contribution in [0.3, 0.4) is 0 Å². The van der Waals surface area contributed by atoms with Gasteiger partial charge in [0.05, 0.1) is 23.8 Å². The van der Waals surface area contributed by atoms with Gasteiger partial charge in [-0.1, -0.05) is 31.5 Å². The van der Waals surface area contributed by atoms with Crippen LogP contribution in [-0.2, 0) is 4.74 Å². The first kappa shape index (κ1) is 17.1. The summed E-state index contributed by atoms with van der Waals surface area (Å²) in [6, 6.07) is 5.20. The molecule has 0 saturated carbocycles. The third kappa shape index (κ3) is 3.93. The van der Waals surface area contributed by atoms with Gasteiger partial charge in [0.15, 0.2) is 0 Å². The van der Waals surface area contributed by atoms with Gasteiger partial charge in [0.2, 0.25) is 0 Å². The van der Waals surface area contributed by atoms with Gasteiger partial charge in [-0.3, -0.25) is 4.79 Å². The third-order valence-corrected chi connectivity index (χ3v) is 4.41. The van der Waals surface area contributed by atoms with E-state index in [1.165, 1.54) is 7.11 Å². The zero-order chi connectivity index (χ0) is 16.1. The Balaban J connectivity index is 2.03. The minimum absolute atomic E-state index is 0.196. The first-order chi connectivity index (χ1) is 10.5. The number of methoxy groups -OCH3 is 1. The maximum absolute atomic E-state index is 12.4. The number of rotatable bonds is 5. The minimum atomic E-state index is -0.199. The van der Waals surface area contributed by atoms with Crippen LogP contribution in [0.4, 0.5) is 0 Å². The van der Waals surface area contributed by atoms with Gasteiger partial charge in [-0.15, -0.1) is 0 Å². The summed E-state index contributed by atoms with van der Waals surface area (Å²) in [6.07, 6.45) is 2.31. The molecule has 1 aliphatic heterocycles. The summed E-state index contributed by atoms with van der Waals surface area (Å²) in [6.45, 7) is 5.71. The van der Waals surface area contributed by atoms with Crippen molar-refractivity contribution in [3.8, 4) is 5.75 Å². The number of hydrogen-bond donors (Lipinski definition) is 1. The second-order valence-electron chi connectivity index (χ2n) is 6.01. The molecule has 2 atom stereocenters. The molecule has 1 saturated heterocycles. The van der Waals surface area contributed by atoms with Crippen molar-refractivity contribution in [3.05, 3.63) is 28.8 Å². The van der Waals surface area contributed by atoms with E-state index in [2.05, 4.69) is 19.2 Å². The summed E-state index contributed by atoms with van der Waals surface area (Å²) in [4.78, 5) is 12.4. The fraction of sp³-hybridized carbons (Fsp3) is 0.588. The maximum Gasteiger partial charge on any atom is 0.256 e. The summed E-state index contributed by atoms with van der Waals surface area (Å²) >= 11 is 6.14. The Morgan fingerprint density at radius 3 is 2.95 bits per heavy atom. The van der Waals surface area contributed by atoms with Crippen LogP contribution >= 0.6 is 11.6 Å². The molecule has 5 heteroatoms. The Kier molecular flexibility index (Phi) is 6.09. The second-order valence-corrected chi connectivity index (χ2v) is 6.42. The van der Waals surface area contributed by atoms with E-state index in [0.29, 0.717) is 34.7 Å². The summed E-state index contributed by atoms with van der Waals surface area (Å²) in [5, 5.41) is 3.39. The molecule has 22 heavy (non-hydrogen) atoms. The van der Waals surface area contributed by atoms with Crippen LogP contribution in [0.25, 0.3) is 0 Å². The van der Waals surface area contributed by atoms with Gasteiger partial charge in [0.25, 0.3) is 5.91 Å². The molecule has 0 aromatic heterocycles. The number of nitrogens with one attached hydrogen (secondary N) is 1. The van der Waals surface area contributed by atoms with Crippen LogP contribution < -0.4 is 10.1 Å². The molecule has 0 unspecified atom stereocenters. The lowest BCUT2D eigenvalue weighted by Gasteiger charge is -2.34. The van der Waals surface area contributed by atoms with Crippen LogP contribution in [0.15, 0.2) is 18.2 Å². The molecule has 1 aromatic carbocycles. The largest absolute Gasteiger partial charge is 0.496 e. The molecule has 0 aliphatic carbocycles. The van der Waals surface area contributed by atoms with E-state index in [-0.39, 0.29) is 12.0 Å². The third-order valence-electron chi connectivity index (χ3n) is 4.10. The van der Waals surface area contributed by atoms with Gasteiger partial charge >= 0.3 is 0 Å². The predicted molar refractivity (Wildman–Crippen MR) is 87.6 cm³/mol. The van der Waals surface area contributed by atoms with Crippen molar-refractivity contribution in [2.75, 3.05) is 20.3 Å². The van der Waals surface area contributed by atoms with E-state index in [0.717, 1.165) is 19.4 Å². The highest BCUT2D eigenvalue weighted by Crippen LogP contribution is 2.28. The van der Waals surface area contributed by atoms with Crippen LogP contribution in [0.5, 0.6) is 5.75 Å². The van der Waals surface area contributed by atoms with Crippen LogP contribution in [0.2, 0.25) is 5.02 Å². The Labute approximate surface area is 137 Å². The van der Waals surface area contributed by atoms with E-state index in [1.54, 1.807) is 18.2 Å². The molecule has 1 aliphatic rings. The van der Waals surface area contributed by atoms with E-state index < -0.39 is 0 Å². The molecule has 1 fully saturated rings.